The highest BCUT2D eigenvalue weighted by molar-refractivity contribution is 6.06. The van der Waals surface area contributed by atoms with Crippen LogP contribution in [0.15, 0.2) is 0 Å². The summed E-state index contributed by atoms with van der Waals surface area (Å²) in [7, 11) is 4.66. The number of halogens is 2. The molecule has 0 fully saturated rings. The van der Waals surface area contributed by atoms with Gasteiger partial charge in [0.05, 0.1) is 0 Å². The van der Waals surface area contributed by atoms with E-state index in [1.807, 2.05) is 0 Å². The van der Waals surface area contributed by atoms with Crippen LogP contribution < -0.4 is 0 Å². The van der Waals surface area contributed by atoms with E-state index in [0.717, 1.165) is 0 Å². The normalized spacial score (nSPS) is 10.9. The summed E-state index contributed by atoms with van der Waals surface area (Å²) in [5.41, 5.74) is 0. The lowest BCUT2D eigenvalue weighted by molar-refractivity contribution is -0.170. The monoisotopic (exact) mass is 194 g/mol. The van der Waals surface area contributed by atoms with E-state index < -0.39 is 17.7 Å². The highest BCUT2D eigenvalue weighted by Gasteiger charge is 2.49. The van der Waals surface area contributed by atoms with Gasteiger partial charge in [0.1, 0.15) is 0 Å². The minimum absolute atomic E-state index is 0.682. The van der Waals surface area contributed by atoms with Crippen LogP contribution in [0.1, 0.15) is 0 Å². The molecule has 0 aromatic rings. The number of nitrogens with zero attached hydrogens (tertiary/aromatic N) is 2. The van der Waals surface area contributed by atoms with E-state index in [0.29, 0.717) is 9.80 Å². The molecule has 0 aromatic heterocycles. The summed E-state index contributed by atoms with van der Waals surface area (Å²) < 4.78 is 25.9. The van der Waals surface area contributed by atoms with E-state index in [2.05, 4.69) is 0 Å². The van der Waals surface area contributed by atoms with Crippen molar-refractivity contribution in [2.75, 3.05) is 28.2 Å². The second-order valence-corrected chi connectivity index (χ2v) is 2.97. The Hall–Kier alpha value is -1.20. The second kappa shape index (κ2) is 3.68. The number of amides is 2. The Bertz CT molecular complexity index is 205. The van der Waals surface area contributed by atoms with Gasteiger partial charge in [0, 0.05) is 28.2 Å². The largest absolute Gasteiger partial charge is 0.401 e. The third-order valence-electron chi connectivity index (χ3n) is 1.35. The van der Waals surface area contributed by atoms with E-state index >= 15 is 0 Å². The van der Waals surface area contributed by atoms with Gasteiger partial charge in [-0.2, -0.15) is 8.78 Å². The summed E-state index contributed by atoms with van der Waals surface area (Å²) in [5.74, 6) is -6.98. The quantitative estimate of drug-likeness (QED) is 0.571. The molecule has 6 heteroatoms. The average Bonchev–Trinajstić information content (AvgIpc) is 2.01. The zero-order valence-electron chi connectivity index (χ0n) is 7.97. The zero-order chi connectivity index (χ0) is 10.8. The molecule has 0 radical (unpaired) electrons. The van der Waals surface area contributed by atoms with Crippen molar-refractivity contribution in [2.24, 2.45) is 0 Å². The van der Waals surface area contributed by atoms with Crippen LogP contribution in [0.2, 0.25) is 0 Å². The average molecular weight is 194 g/mol. The van der Waals surface area contributed by atoms with Crippen molar-refractivity contribution >= 4 is 11.8 Å². The second-order valence-electron chi connectivity index (χ2n) is 2.97. The van der Waals surface area contributed by atoms with Crippen molar-refractivity contribution in [1.82, 2.24) is 9.80 Å². The first-order valence-electron chi connectivity index (χ1n) is 3.52. The van der Waals surface area contributed by atoms with Crippen LogP contribution in [0.5, 0.6) is 0 Å². The van der Waals surface area contributed by atoms with Gasteiger partial charge in [0.2, 0.25) is 0 Å². The van der Waals surface area contributed by atoms with Gasteiger partial charge in [-0.25, -0.2) is 0 Å². The maximum Gasteiger partial charge on any atom is 0.401 e. The molecule has 0 heterocycles. The maximum atomic E-state index is 12.9. The molecule has 0 spiro atoms. The van der Waals surface area contributed by atoms with Crippen molar-refractivity contribution in [3.8, 4) is 0 Å². The van der Waals surface area contributed by atoms with Gasteiger partial charge < -0.3 is 9.80 Å². The molecule has 4 nitrogen and oxygen atoms in total. The van der Waals surface area contributed by atoms with E-state index in [1.54, 1.807) is 0 Å². The predicted molar refractivity (Wildman–Crippen MR) is 42.3 cm³/mol. The molecule has 0 aromatic carbocycles. The third kappa shape index (κ3) is 2.37. The van der Waals surface area contributed by atoms with Crippen LogP contribution in [0, 0.1) is 0 Å². The standard InChI is InChI=1S/C7H12F2N2O2/c1-10(2)5(12)7(8,9)6(13)11(3)4/h1-4H3. The molecular weight excluding hydrogens is 182 g/mol. The van der Waals surface area contributed by atoms with E-state index in [-0.39, 0.29) is 0 Å². The number of carbonyl (C=O) groups excluding carboxylic acids is 2. The van der Waals surface area contributed by atoms with Crippen molar-refractivity contribution in [3.05, 3.63) is 0 Å². The van der Waals surface area contributed by atoms with Crippen LogP contribution in [-0.4, -0.2) is 55.7 Å². The van der Waals surface area contributed by atoms with Gasteiger partial charge in [-0.3, -0.25) is 9.59 Å². The summed E-state index contributed by atoms with van der Waals surface area (Å²) in [4.78, 5) is 23.0. The van der Waals surface area contributed by atoms with Crippen LogP contribution in [0.25, 0.3) is 0 Å². The van der Waals surface area contributed by atoms with Gasteiger partial charge >= 0.3 is 17.7 Å². The fraction of sp³-hybridized carbons (Fsp3) is 0.714. The Morgan fingerprint density at radius 2 is 1.15 bits per heavy atom. The molecule has 0 atom stereocenters. The van der Waals surface area contributed by atoms with E-state index in [4.69, 9.17) is 0 Å². The van der Waals surface area contributed by atoms with Crippen molar-refractivity contribution < 1.29 is 18.4 Å². The van der Waals surface area contributed by atoms with Gasteiger partial charge in [0.15, 0.2) is 0 Å². The first-order valence-corrected chi connectivity index (χ1v) is 3.52. The summed E-state index contributed by atoms with van der Waals surface area (Å²) in [6.07, 6.45) is 0. The Labute approximate surface area is 75.1 Å². The van der Waals surface area contributed by atoms with Gasteiger partial charge in [-0.1, -0.05) is 0 Å². The van der Waals surface area contributed by atoms with Gasteiger partial charge in [-0.05, 0) is 0 Å². The molecule has 0 unspecified atom stereocenters. The fourth-order valence-electron chi connectivity index (χ4n) is 0.653. The molecule has 0 aliphatic heterocycles. The number of hydrogen-bond acceptors (Lipinski definition) is 2. The number of alkyl halides is 2. The van der Waals surface area contributed by atoms with E-state index in [1.165, 1.54) is 28.2 Å². The summed E-state index contributed by atoms with van der Waals surface area (Å²) in [6.45, 7) is 0. The molecule has 13 heavy (non-hydrogen) atoms. The van der Waals surface area contributed by atoms with Crippen molar-refractivity contribution in [2.45, 2.75) is 5.92 Å². The molecule has 0 N–H and O–H groups in total. The topological polar surface area (TPSA) is 40.6 Å². The molecule has 0 rings (SSSR count). The Morgan fingerprint density at radius 3 is 1.31 bits per heavy atom. The molecule has 0 saturated carbocycles. The lowest BCUT2D eigenvalue weighted by Crippen LogP contribution is -2.50. The SMILES string of the molecule is CN(C)C(=O)C(F)(F)C(=O)N(C)C. The Kier molecular flexibility index (Phi) is 3.34. The Balaban J connectivity index is 4.76. The third-order valence-corrected chi connectivity index (χ3v) is 1.35. The molecule has 0 aliphatic carbocycles. The fourth-order valence-corrected chi connectivity index (χ4v) is 0.653. The summed E-state index contributed by atoms with van der Waals surface area (Å²) in [5, 5.41) is 0. The molecule has 2 amide bonds. The summed E-state index contributed by atoms with van der Waals surface area (Å²) >= 11 is 0. The minimum Gasteiger partial charge on any atom is -0.343 e. The first-order chi connectivity index (χ1) is 5.71. The van der Waals surface area contributed by atoms with Crippen LogP contribution in [0.3, 0.4) is 0 Å². The lowest BCUT2D eigenvalue weighted by atomic mass is 10.2. The predicted octanol–water partition coefficient (Wildman–Crippen LogP) is -0.202. The molecule has 76 valence electrons. The highest BCUT2D eigenvalue weighted by Crippen LogP contribution is 2.18. The number of carbonyl (C=O) groups is 2. The lowest BCUT2D eigenvalue weighted by Gasteiger charge is -2.21. The maximum absolute atomic E-state index is 12.9. The van der Waals surface area contributed by atoms with Gasteiger partial charge in [-0.15, -0.1) is 0 Å². The van der Waals surface area contributed by atoms with Crippen molar-refractivity contribution in [1.29, 1.82) is 0 Å². The summed E-state index contributed by atoms with van der Waals surface area (Å²) in [6, 6.07) is 0. The molecular formula is C7H12F2N2O2. The van der Waals surface area contributed by atoms with Crippen LogP contribution in [0.4, 0.5) is 8.78 Å². The van der Waals surface area contributed by atoms with E-state index in [9.17, 15) is 18.4 Å². The molecule has 0 bridgehead atoms. The zero-order valence-corrected chi connectivity index (χ0v) is 7.97. The number of rotatable bonds is 2. The molecule has 0 aliphatic rings. The first kappa shape index (κ1) is 11.8. The highest BCUT2D eigenvalue weighted by atomic mass is 19.3. The minimum atomic E-state index is -3.97. The van der Waals surface area contributed by atoms with Crippen LogP contribution in [-0.2, 0) is 9.59 Å². The smallest absolute Gasteiger partial charge is 0.343 e. The van der Waals surface area contributed by atoms with Crippen molar-refractivity contribution in [3.63, 3.8) is 0 Å². The van der Waals surface area contributed by atoms with Crippen LogP contribution >= 0.6 is 0 Å². The number of hydrogen-bond donors (Lipinski definition) is 0. The Morgan fingerprint density at radius 1 is 0.923 bits per heavy atom. The molecule has 0 saturated heterocycles. The van der Waals surface area contributed by atoms with Gasteiger partial charge in [0.25, 0.3) is 0 Å².